The normalized spacial score (nSPS) is 11.4. The molecule has 17 heavy (non-hydrogen) atoms. The van der Waals surface area contributed by atoms with Crippen molar-refractivity contribution < 1.29 is 19.4 Å². The molecule has 1 heterocycles. The summed E-state index contributed by atoms with van der Waals surface area (Å²) >= 11 is 0. The van der Waals surface area contributed by atoms with Gasteiger partial charge < -0.3 is 9.84 Å². The zero-order chi connectivity index (χ0) is 13.2. The molecule has 0 saturated heterocycles. The van der Waals surface area contributed by atoms with Gasteiger partial charge in [0.1, 0.15) is 5.76 Å². The number of aryl methyl sites for hydroxylation is 2. The molecular weight excluding hydrogens is 224 g/mol. The van der Waals surface area contributed by atoms with Crippen molar-refractivity contribution >= 4 is 17.5 Å². The van der Waals surface area contributed by atoms with E-state index in [0.717, 1.165) is 13.2 Å². The number of rotatable bonds is 3. The van der Waals surface area contributed by atoms with Crippen molar-refractivity contribution in [3.63, 3.8) is 0 Å². The summed E-state index contributed by atoms with van der Waals surface area (Å²) in [6.45, 7) is 3.46. The average molecular weight is 238 g/mol. The largest absolute Gasteiger partial charge is 0.507 e. The number of carbonyl (C=O) groups excluding carboxylic acids is 2. The Morgan fingerprint density at radius 3 is 2.41 bits per heavy atom. The molecule has 6 heteroatoms. The molecule has 1 aromatic heterocycles. The molecule has 0 fully saturated rings. The van der Waals surface area contributed by atoms with E-state index in [4.69, 9.17) is 0 Å². The molecular formula is C11H14N2O4. The van der Waals surface area contributed by atoms with Crippen molar-refractivity contribution in [1.82, 2.24) is 9.78 Å². The molecule has 0 spiro atoms. The molecule has 0 saturated carbocycles. The van der Waals surface area contributed by atoms with E-state index >= 15 is 0 Å². The summed E-state index contributed by atoms with van der Waals surface area (Å²) in [4.78, 5) is 22.2. The van der Waals surface area contributed by atoms with Crippen LogP contribution in [0.15, 0.2) is 6.08 Å². The highest BCUT2D eigenvalue weighted by Gasteiger charge is 2.17. The zero-order valence-electron chi connectivity index (χ0n) is 10.1. The first-order valence-electron chi connectivity index (χ1n) is 4.92. The van der Waals surface area contributed by atoms with Gasteiger partial charge in [-0.05, 0) is 13.8 Å². The Labute approximate surface area is 98.5 Å². The number of carbonyl (C=O) groups is 2. The van der Waals surface area contributed by atoms with Gasteiger partial charge in [-0.15, -0.1) is 0 Å². The van der Waals surface area contributed by atoms with Crippen LogP contribution >= 0.6 is 0 Å². The van der Waals surface area contributed by atoms with Crippen molar-refractivity contribution in [3.8, 4) is 0 Å². The standard InChI is InChI=1S/C11H14N2O4/c1-6-10(7(2)13(3)12-6)8(14)5-9(15)11(16)17-4/h5,14H,1-4H3. The number of aliphatic hydroxyl groups excluding tert-OH is 1. The van der Waals surface area contributed by atoms with E-state index in [0.29, 0.717) is 17.0 Å². The van der Waals surface area contributed by atoms with Crippen LogP contribution in [0.3, 0.4) is 0 Å². The summed E-state index contributed by atoms with van der Waals surface area (Å²) in [7, 11) is 2.83. The molecule has 92 valence electrons. The van der Waals surface area contributed by atoms with Crippen molar-refractivity contribution in [2.75, 3.05) is 7.11 Å². The third-order valence-electron chi connectivity index (χ3n) is 2.42. The lowest BCUT2D eigenvalue weighted by molar-refractivity contribution is -0.149. The fraction of sp³-hybridized carbons (Fsp3) is 0.364. The van der Waals surface area contributed by atoms with Gasteiger partial charge in [0.05, 0.1) is 18.4 Å². The fourth-order valence-corrected chi connectivity index (χ4v) is 1.50. The van der Waals surface area contributed by atoms with Gasteiger partial charge in [-0.2, -0.15) is 5.10 Å². The Kier molecular flexibility index (Phi) is 3.67. The van der Waals surface area contributed by atoms with Gasteiger partial charge in [0.25, 0.3) is 5.78 Å². The lowest BCUT2D eigenvalue weighted by Gasteiger charge is -2.00. The molecule has 0 aliphatic heterocycles. The first kappa shape index (κ1) is 13.0. The van der Waals surface area contributed by atoms with Crippen LogP contribution in [-0.4, -0.2) is 33.7 Å². The van der Waals surface area contributed by atoms with Crippen molar-refractivity contribution in [2.45, 2.75) is 13.8 Å². The summed E-state index contributed by atoms with van der Waals surface area (Å²) in [5.74, 6) is -2.22. The maximum atomic E-state index is 11.2. The summed E-state index contributed by atoms with van der Waals surface area (Å²) in [6, 6.07) is 0. The Morgan fingerprint density at radius 1 is 1.41 bits per heavy atom. The van der Waals surface area contributed by atoms with Gasteiger partial charge in [-0.1, -0.05) is 0 Å². The lowest BCUT2D eigenvalue weighted by Crippen LogP contribution is -2.13. The number of aromatic nitrogens is 2. The molecule has 0 aromatic carbocycles. The highest BCUT2D eigenvalue weighted by molar-refractivity contribution is 6.39. The smallest absolute Gasteiger partial charge is 0.378 e. The van der Waals surface area contributed by atoms with Gasteiger partial charge in [-0.25, -0.2) is 4.79 Å². The Hall–Kier alpha value is -2.11. The number of methoxy groups -OCH3 is 1. The van der Waals surface area contributed by atoms with Crippen LogP contribution in [0.1, 0.15) is 17.0 Å². The number of aliphatic hydroxyl groups is 1. The predicted molar refractivity (Wildman–Crippen MR) is 60.3 cm³/mol. The first-order chi connectivity index (χ1) is 7.88. The van der Waals surface area contributed by atoms with E-state index in [1.807, 2.05) is 0 Å². The summed E-state index contributed by atoms with van der Waals surface area (Å²) in [6.07, 6.45) is 0.836. The summed E-state index contributed by atoms with van der Waals surface area (Å²) < 4.78 is 5.83. The van der Waals surface area contributed by atoms with Crippen LogP contribution in [0.2, 0.25) is 0 Å². The van der Waals surface area contributed by atoms with Crippen LogP contribution in [0, 0.1) is 13.8 Å². The van der Waals surface area contributed by atoms with Gasteiger partial charge in [0, 0.05) is 18.8 Å². The topological polar surface area (TPSA) is 81.4 Å². The van der Waals surface area contributed by atoms with Crippen molar-refractivity contribution in [2.24, 2.45) is 7.05 Å². The molecule has 6 nitrogen and oxygen atoms in total. The molecule has 0 atom stereocenters. The molecule has 0 bridgehead atoms. The Bertz CT molecular complexity index is 500. The van der Waals surface area contributed by atoms with Crippen LogP contribution in [-0.2, 0) is 21.4 Å². The second-order valence-electron chi connectivity index (χ2n) is 3.55. The number of esters is 1. The molecule has 1 aromatic rings. The number of hydrogen-bond donors (Lipinski definition) is 1. The van der Waals surface area contributed by atoms with E-state index in [9.17, 15) is 14.7 Å². The van der Waals surface area contributed by atoms with Crippen LogP contribution in [0.5, 0.6) is 0 Å². The molecule has 0 radical (unpaired) electrons. The zero-order valence-corrected chi connectivity index (χ0v) is 10.1. The number of hydrogen-bond acceptors (Lipinski definition) is 5. The van der Waals surface area contributed by atoms with E-state index < -0.39 is 11.8 Å². The van der Waals surface area contributed by atoms with Crippen molar-refractivity contribution in [1.29, 1.82) is 0 Å². The van der Waals surface area contributed by atoms with Gasteiger partial charge >= 0.3 is 5.97 Å². The highest BCUT2D eigenvalue weighted by atomic mass is 16.5. The van der Waals surface area contributed by atoms with Gasteiger partial charge in [-0.3, -0.25) is 9.48 Å². The van der Waals surface area contributed by atoms with E-state index in [-0.39, 0.29) is 5.76 Å². The summed E-state index contributed by atoms with van der Waals surface area (Å²) in [5.41, 5.74) is 1.73. The SMILES string of the molecule is COC(=O)C(=O)C=C(O)c1c(C)nn(C)c1C. The molecule has 0 unspecified atom stereocenters. The second kappa shape index (κ2) is 4.82. The molecule has 1 N–H and O–H groups in total. The maximum Gasteiger partial charge on any atom is 0.378 e. The van der Waals surface area contributed by atoms with Gasteiger partial charge in [0.15, 0.2) is 0 Å². The lowest BCUT2D eigenvalue weighted by atomic mass is 10.1. The Morgan fingerprint density at radius 2 is 2.00 bits per heavy atom. The number of ether oxygens (including phenoxy) is 1. The monoisotopic (exact) mass is 238 g/mol. The average Bonchev–Trinajstić information content (AvgIpc) is 2.51. The Balaban J connectivity index is 3.12. The van der Waals surface area contributed by atoms with Crippen molar-refractivity contribution in [3.05, 3.63) is 23.0 Å². The van der Waals surface area contributed by atoms with E-state index in [2.05, 4.69) is 9.84 Å². The molecule has 0 aliphatic rings. The van der Waals surface area contributed by atoms with E-state index in [1.54, 1.807) is 25.6 Å². The molecule has 1 rings (SSSR count). The van der Waals surface area contributed by atoms with Crippen LogP contribution in [0.25, 0.3) is 5.76 Å². The third-order valence-corrected chi connectivity index (χ3v) is 2.42. The van der Waals surface area contributed by atoms with E-state index in [1.165, 1.54) is 0 Å². The quantitative estimate of drug-likeness (QED) is 0.362. The fourth-order valence-electron chi connectivity index (χ4n) is 1.50. The minimum absolute atomic E-state index is 0.288. The molecule has 0 aliphatic carbocycles. The van der Waals surface area contributed by atoms with Crippen LogP contribution in [0.4, 0.5) is 0 Å². The third kappa shape index (κ3) is 2.52. The van der Waals surface area contributed by atoms with Crippen LogP contribution < -0.4 is 0 Å². The second-order valence-corrected chi connectivity index (χ2v) is 3.55. The predicted octanol–water partition coefficient (Wildman–Crippen LogP) is 0.678. The minimum atomic E-state index is -1.02. The highest BCUT2D eigenvalue weighted by Crippen LogP contribution is 2.19. The number of ketones is 1. The maximum absolute atomic E-state index is 11.2. The molecule has 0 amide bonds. The number of nitrogens with zero attached hydrogens (tertiary/aromatic N) is 2. The first-order valence-corrected chi connectivity index (χ1v) is 4.92. The minimum Gasteiger partial charge on any atom is -0.507 e. The summed E-state index contributed by atoms with van der Waals surface area (Å²) in [5, 5.41) is 13.9. The van der Waals surface area contributed by atoms with Gasteiger partial charge in [0.2, 0.25) is 0 Å².